The maximum absolute atomic E-state index is 10.8. The summed E-state index contributed by atoms with van der Waals surface area (Å²) in [6.07, 6.45) is 30.8. The van der Waals surface area contributed by atoms with E-state index in [0.29, 0.717) is 0 Å². The Morgan fingerprint density at radius 3 is 1.48 bits per heavy atom. The van der Waals surface area contributed by atoms with E-state index in [1.54, 1.807) is 0 Å². The van der Waals surface area contributed by atoms with Crippen LogP contribution >= 0.6 is 0 Å². The van der Waals surface area contributed by atoms with Crippen LogP contribution in [0.2, 0.25) is 0 Å². The van der Waals surface area contributed by atoms with Gasteiger partial charge in [-0.15, -0.1) is 0 Å². The average molecular weight is 513 g/mol. The van der Waals surface area contributed by atoms with E-state index in [-0.39, 0.29) is 63.9 Å². The molecule has 0 aromatic carbocycles. The summed E-state index contributed by atoms with van der Waals surface area (Å²) in [6.45, 7) is 4.48. The van der Waals surface area contributed by atoms with Crippen molar-refractivity contribution in [2.24, 2.45) is 5.92 Å². The number of rotatable bonds is 25. The molecule has 0 saturated carbocycles. The second-order valence-electron chi connectivity index (χ2n) is 9.47. The molecule has 0 aliphatic rings. The minimum atomic E-state index is -4.61. The molecule has 33 heavy (non-hydrogen) atoms. The molecule has 0 heterocycles. The monoisotopic (exact) mass is 512 g/mol. The van der Waals surface area contributed by atoms with Crippen LogP contribution in [-0.4, -0.2) is 19.6 Å². The van der Waals surface area contributed by atoms with Crippen molar-refractivity contribution in [2.45, 2.75) is 149 Å². The molecule has 0 aromatic heterocycles. The van der Waals surface area contributed by atoms with Crippen LogP contribution in [0.4, 0.5) is 0 Å². The Morgan fingerprint density at radius 1 is 0.667 bits per heavy atom. The van der Waals surface area contributed by atoms with Gasteiger partial charge >= 0.3 is 51.4 Å². The van der Waals surface area contributed by atoms with Gasteiger partial charge in [-0.2, -0.15) is 0 Å². The Bertz CT molecular complexity index is 508. The quantitative estimate of drug-likeness (QED) is 0.0504. The normalized spacial score (nSPS) is 12.8. The summed E-state index contributed by atoms with van der Waals surface area (Å²) in [5, 5.41) is 0. The summed E-state index contributed by atoms with van der Waals surface area (Å²) in [7, 11) is -4.61. The van der Waals surface area contributed by atoms with Crippen molar-refractivity contribution < 1.29 is 68.5 Å². The molecule has 4 nitrogen and oxygen atoms in total. The van der Waals surface area contributed by atoms with E-state index in [9.17, 15) is 13.0 Å². The first-order valence-corrected chi connectivity index (χ1v) is 15.1. The van der Waals surface area contributed by atoms with E-state index < -0.39 is 10.4 Å². The molecule has 192 valence electrons. The molecule has 0 aliphatic heterocycles. The third kappa shape index (κ3) is 31.2. The van der Waals surface area contributed by atoms with Gasteiger partial charge in [0.1, 0.15) is 0 Å². The van der Waals surface area contributed by atoms with Crippen molar-refractivity contribution in [1.29, 1.82) is 0 Å². The van der Waals surface area contributed by atoms with Crippen molar-refractivity contribution in [3.8, 4) is 0 Å². The van der Waals surface area contributed by atoms with Crippen LogP contribution in [0.15, 0.2) is 12.2 Å². The molecule has 0 spiro atoms. The summed E-state index contributed by atoms with van der Waals surface area (Å²) in [5.41, 5.74) is 0. The van der Waals surface area contributed by atoms with Crippen LogP contribution in [-0.2, 0) is 14.6 Å². The third-order valence-electron chi connectivity index (χ3n) is 6.24. The molecule has 6 heteroatoms. The van der Waals surface area contributed by atoms with Crippen molar-refractivity contribution in [3.63, 3.8) is 0 Å². The van der Waals surface area contributed by atoms with E-state index in [1.807, 2.05) is 0 Å². The molecule has 0 aromatic rings. The van der Waals surface area contributed by atoms with Crippen molar-refractivity contribution in [1.82, 2.24) is 0 Å². The van der Waals surface area contributed by atoms with E-state index in [1.165, 1.54) is 116 Å². The molecule has 0 radical (unpaired) electrons. The summed E-state index contributed by atoms with van der Waals surface area (Å²) >= 11 is 0. The Morgan fingerprint density at radius 2 is 1.06 bits per heavy atom. The van der Waals surface area contributed by atoms with Gasteiger partial charge in [-0.25, -0.2) is 8.42 Å². The Labute approximate surface area is 249 Å². The molecular formula is C27H53KO4S. The minimum absolute atomic E-state index is 0. The van der Waals surface area contributed by atoms with Crippen molar-refractivity contribution in [3.05, 3.63) is 12.2 Å². The second kappa shape index (κ2) is 27.8. The predicted molar refractivity (Wildman–Crippen MR) is 137 cm³/mol. The van der Waals surface area contributed by atoms with Gasteiger partial charge in [-0.1, -0.05) is 142 Å². The molecule has 0 rings (SSSR count). The van der Waals surface area contributed by atoms with Crippen molar-refractivity contribution >= 4 is 10.4 Å². The van der Waals surface area contributed by atoms with Gasteiger partial charge in [0.15, 0.2) is 0 Å². The molecular weight excluding hydrogens is 459 g/mol. The van der Waals surface area contributed by atoms with E-state index >= 15 is 0 Å². The molecule has 0 amide bonds. The van der Waals surface area contributed by atoms with Gasteiger partial charge in [0.05, 0.1) is 6.61 Å². The molecule has 1 atom stereocenters. The predicted octanol–water partition coefficient (Wildman–Crippen LogP) is 5.87. The van der Waals surface area contributed by atoms with Gasteiger partial charge in [0.25, 0.3) is 0 Å². The van der Waals surface area contributed by atoms with E-state index in [2.05, 4.69) is 30.2 Å². The maximum atomic E-state index is 10.8. The molecule has 1 unspecified atom stereocenters. The van der Waals surface area contributed by atoms with Gasteiger partial charge in [-0.05, 0) is 19.3 Å². The maximum Gasteiger partial charge on any atom is 1.00 e. The molecule has 0 aliphatic carbocycles. The van der Waals surface area contributed by atoms with E-state index in [0.717, 1.165) is 19.3 Å². The van der Waals surface area contributed by atoms with Crippen molar-refractivity contribution in [2.75, 3.05) is 6.61 Å². The smallest absolute Gasteiger partial charge is 0.726 e. The van der Waals surface area contributed by atoms with Crippen LogP contribution in [0.25, 0.3) is 0 Å². The van der Waals surface area contributed by atoms with Crippen LogP contribution < -0.4 is 51.4 Å². The largest absolute Gasteiger partial charge is 1.00 e. The van der Waals surface area contributed by atoms with Crippen LogP contribution in [0.3, 0.4) is 0 Å². The fourth-order valence-electron chi connectivity index (χ4n) is 4.16. The molecule has 0 fully saturated rings. The van der Waals surface area contributed by atoms with Crippen LogP contribution in [0.1, 0.15) is 149 Å². The summed E-state index contributed by atoms with van der Waals surface area (Å²) in [5.74, 6) is 0.0199. The number of unbranched alkanes of at least 4 members (excludes halogenated alkanes) is 18. The standard InChI is InChI=1S/C27H54O4S.K/c1-3-5-7-9-11-13-14-15-16-17-19-21-23-25-27(26-31-32(28,29)30)24-22-20-18-12-10-8-6-4-2;/h23,25,27H,3-22,24,26H2,1-2H3,(H,28,29,30);/q;+1/p-1/b25-23+;. The Balaban J connectivity index is 0. The SMILES string of the molecule is CCCCCCCCCCCCC/C=C/C(CCCCCCCCCC)COS(=O)(=O)[O-].[K+]. The third-order valence-corrected chi connectivity index (χ3v) is 6.66. The zero-order valence-corrected chi connectivity index (χ0v) is 26.3. The van der Waals surface area contributed by atoms with E-state index in [4.69, 9.17) is 0 Å². The zero-order chi connectivity index (χ0) is 23.8. The summed E-state index contributed by atoms with van der Waals surface area (Å²) in [4.78, 5) is 0. The topological polar surface area (TPSA) is 66.4 Å². The first kappa shape index (κ1) is 36.4. The molecule has 0 N–H and O–H groups in total. The second-order valence-corrected chi connectivity index (χ2v) is 10.5. The fraction of sp³-hybridized carbons (Fsp3) is 0.926. The number of hydrogen-bond donors (Lipinski definition) is 0. The molecule has 0 bridgehead atoms. The minimum Gasteiger partial charge on any atom is -0.726 e. The zero-order valence-electron chi connectivity index (χ0n) is 22.3. The Kier molecular flexibility index (Phi) is 30.7. The average Bonchev–Trinajstić information content (AvgIpc) is 2.75. The fourth-order valence-corrected chi connectivity index (χ4v) is 4.50. The number of hydrogen-bond acceptors (Lipinski definition) is 4. The Hall–Kier alpha value is 1.25. The van der Waals surface area contributed by atoms with Crippen LogP contribution in [0, 0.1) is 5.92 Å². The van der Waals surface area contributed by atoms with Gasteiger partial charge in [0.2, 0.25) is 10.4 Å². The first-order valence-electron chi connectivity index (χ1n) is 13.8. The van der Waals surface area contributed by atoms with Gasteiger partial charge in [-0.3, -0.25) is 4.18 Å². The molecule has 0 saturated heterocycles. The van der Waals surface area contributed by atoms with Gasteiger partial charge < -0.3 is 4.55 Å². The summed E-state index contributed by atoms with van der Waals surface area (Å²) < 4.78 is 37.0. The number of allylic oxidation sites excluding steroid dienone is 1. The van der Waals surface area contributed by atoms with Gasteiger partial charge in [0, 0.05) is 5.92 Å². The summed E-state index contributed by atoms with van der Waals surface area (Å²) in [6, 6.07) is 0. The first-order chi connectivity index (χ1) is 15.5. The van der Waals surface area contributed by atoms with Crippen LogP contribution in [0.5, 0.6) is 0 Å².